The third-order valence-corrected chi connectivity index (χ3v) is 4.68. The van der Waals surface area contributed by atoms with Crippen molar-refractivity contribution in [2.24, 2.45) is 5.14 Å². The molecule has 0 unspecified atom stereocenters. The van der Waals surface area contributed by atoms with E-state index in [0.29, 0.717) is 0 Å². The summed E-state index contributed by atoms with van der Waals surface area (Å²) in [5, 5.41) is 18.0. The molecule has 2 rings (SSSR count). The van der Waals surface area contributed by atoms with Crippen LogP contribution in [-0.2, 0) is 10.0 Å². The Morgan fingerprint density at radius 3 is 2.48 bits per heavy atom. The predicted molar refractivity (Wildman–Crippen MR) is 74.6 cm³/mol. The fourth-order valence-electron chi connectivity index (χ4n) is 1.88. The first-order chi connectivity index (χ1) is 9.70. The number of rotatable bonds is 4. The minimum atomic E-state index is -4.28. The SMILES string of the molecule is NS(=O)(=O)c1cc([N+](=O)[O-])cc(C(=O)NC2CCC2)c1Cl. The third kappa shape index (κ3) is 3.31. The van der Waals surface area contributed by atoms with Crippen LogP contribution in [-0.4, -0.2) is 25.3 Å². The number of nitrogens with one attached hydrogen (secondary N) is 1. The molecule has 10 heteroatoms. The Balaban J connectivity index is 2.50. The van der Waals surface area contributed by atoms with Crippen molar-refractivity contribution < 1.29 is 18.1 Å². The van der Waals surface area contributed by atoms with Gasteiger partial charge in [0, 0.05) is 18.2 Å². The molecule has 0 aliphatic heterocycles. The molecule has 0 bridgehead atoms. The van der Waals surface area contributed by atoms with E-state index in [-0.39, 0.29) is 11.6 Å². The molecule has 0 aromatic heterocycles. The molecular weight excluding hydrogens is 322 g/mol. The highest BCUT2D eigenvalue weighted by molar-refractivity contribution is 7.89. The summed E-state index contributed by atoms with van der Waals surface area (Å²) >= 11 is 5.87. The van der Waals surface area contributed by atoms with Crippen LogP contribution in [0.2, 0.25) is 5.02 Å². The van der Waals surface area contributed by atoms with Crippen molar-refractivity contribution in [1.82, 2.24) is 5.32 Å². The van der Waals surface area contributed by atoms with Crippen LogP contribution in [0.1, 0.15) is 29.6 Å². The lowest BCUT2D eigenvalue weighted by molar-refractivity contribution is -0.385. The Morgan fingerprint density at radius 2 is 2.05 bits per heavy atom. The number of carbonyl (C=O) groups is 1. The Kier molecular flexibility index (Phi) is 4.17. The van der Waals surface area contributed by atoms with Gasteiger partial charge in [0.15, 0.2) is 0 Å². The fraction of sp³-hybridized carbons (Fsp3) is 0.364. The number of primary sulfonamides is 1. The van der Waals surface area contributed by atoms with Gasteiger partial charge in [-0.3, -0.25) is 14.9 Å². The first-order valence-electron chi connectivity index (χ1n) is 6.01. The van der Waals surface area contributed by atoms with E-state index in [9.17, 15) is 23.3 Å². The topological polar surface area (TPSA) is 132 Å². The van der Waals surface area contributed by atoms with Crippen molar-refractivity contribution in [3.8, 4) is 0 Å². The molecule has 1 aliphatic rings. The summed E-state index contributed by atoms with van der Waals surface area (Å²) in [6.07, 6.45) is 2.59. The van der Waals surface area contributed by atoms with Crippen molar-refractivity contribution in [3.05, 3.63) is 32.8 Å². The summed E-state index contributed by atoms with van der Waals surface area (Å²) in [5.74, 6) is -0.654. The van der Waals surface area contributed by atoms with Crippen molar-refractivity contribution in [1.29, 1.82) is 0 Å². The second kappa shape index (κ2) is 5.58. The van der Waals surface area contributed by atoms with Crippen LogP contribution < -0.4 is 10.5 Å². The van der Waals surface area contributed by atoms with Gasteiger partial charge in [-0.25, -0.2) is 13.6 Å². The van der Waals surface area contributed by atoms with Crippen LogP contribution in [0.3, 0.4) is 0 Å². The van der Waals surface area contributed by atoms with Crippen molar-refractivity contribution in [3.63, 3.8) is 0 Å². The number of nitro benzene ring substituents is 1. The maximum Gasteiger partial charge on any atom is 0.271 e. The zero-order chi connectivity index (χ0) is 15.8. The summed E-state index contributed by atoms with van der Waals surface area (Å²) in [7, 11) is -4.28. The standard InChI is InChI=1S/C11H12ClN3O5S/c12-10-8(11(16)14-6-2-1-3-6)4-7(15(17)18)5-9(10)21(13,19)20/h4-6H,1-3H2,(H,14,16)(H2,13,19,20). The Bertz CT molecular complexity index is 715. The minimum Gasteiger partial charge on any atom is -0.349 e. The number of nitro groups is 1. The normalized spacial score (nSPS) is 15.3. The van der Waals surface area contributed by atoms with Crippen LogP contribution in [0.15, 0.2) is 17.0 Å². The summed E-state index contributed by atoms with van der Waals surface area (Å²) in [5.41, 5.74) is -0.844. The first kappa shape index (κ1) is 15.7. The molecule has 1 aromatic rings. The number of nitrogens with two attached hydrogens (primary N) is 1. The molecule has 8 nitrogen and oxygen atoms in total. The molecule has 1 fully saturated rings. The molecule has 1 aromatic carbocycles. The van der Waals surface area contributed by atoms with E-state index in [0.717, 1.165) is 31.4 Å². The molecule has 1 saturated carbocycles. The van der Waals surface area contributed by atoms with E-state index in [2.05, 4.69) is 5.32 Å². The van der Waals surface area contributed by atoms with Crippen molar-refractivity contribution in [2.45, 2.75) is 30.2 Å². The molecule has 0 radical (unpaired) electrons. The highest BCUT2D eigenvalue weighted by Crippen LogP contribution is 2.30. The van der Waals surface area contributed by atoms with Gasteiger partial charge in [0.05, 0.1) is 15.5 Å². The van der Waals surface area contributed by atoms with Gasteiger partial charge in [0.25, 0.3) is 11.6 Å². The van der Waals surface area contributed by atoms with Gasteiger partial charge in [0.1, 0.15) is 4.90 Å². The maximum absolute atomic E-state index is 12.1. The quantitative estimate of drug-likeness (QED) is 0.630. The highest BCUT2D eigenvalue weighted by Gasteiger charge is 2.27. The summed E-state index contributed by atoms with van der Waals surface area (Å²) in [4.78, 5) is 21.5. The van der Waals surface area contributed by atoms with Crippen LogP contribution in [0, 0.1) is 10.1 Å². The van der Waals surface area contributed by atoms with Gasteiger partial charge in [-0.1, -0.05) is 11.6 Å². The van der Waals surface area contributed by atoms with Crippen LogP contribution in [0.25, 0.3) is 0 Å². The van der Waals surface area contributed by atoms with E-state index in [1.54, 1.807) is 0 Å². The fourth-order valence-corrected chi connectivity index (χ4v) is 3.04. The Labute approximate surface area is 125 Å². The van der Waals surface area contributed by atoms with Crippen molar-refractivity contribution in [2.75, 3.05) is 0 Å². The molecule has 21 heavy (non-hydrogen) atoms. The van der Waals surface area contributed by atoms with E-state index < -0.39 is 36.5 Å². The van der Waals surface area contributed by atoms with E-state index in [1.165, 1.54) is 0 Å². The van der Waals surface area contributed by atoms with E-state index in [4.69, 9.17) is 16.7 Å². The molecule has 114 valence electrons. The number of sulfonamides is 1. The second-order valence-corrected chi connectivity index (χ2v) is 6.62. The number of halogens is 1. The lowest BCUT2D eigenvalue weighted by atomic mass is 9.93. The van der Waals surface area contributed by atoms with E-state index in [1.807, 2.05) is 0 Å². The molecular formula is C11H12ClN3O5S. The largest absolute Gasteiger partial charge is 0.349 e. The van der Waals surface area contributed by atoms with Gasteiger partial charge in [-0.05, 0) is 19.3 Å². The van der Waals surface area contributed by atoms with Crippen LogP contribution in [0.5, 0.6) is 0 Å². The number of amides is 1. The zero-order valence-electron chi connectivity index (χ0n) is 10.7. The predicted octanol–water partition coefficient (Wildman–Crippen LogP) is 1.18. The molecule has 3 N–H and O–H groups in total. The molecule has 1 aliphatic carbocycles. The Hall–Kier alpha value is -1.71. The van der Waals surface area contributed by atoms with Gasteiger partial charge in [-0.15, -0.1) is 0 Å². The van der Waals surface area contributed by atoms with Crippen LogP contribution in [0.4, 0.5) is 5.69 Å². The monoisotopic (exact) mass is 333 g/mol. The molecule has 0 saturated heterocycles. The van der Waals surface area contributed by atoms with Gasteiger partial charge >= 0.3 is 0 Å². The van der Waals surface area contributed by atoms with Gasteiger partial charge < -0.3 is 5.32 Å². The first-order valence-corrected chi connectivity index (χ1v) is 7.94. The number of hydrogen-bond donors (Lipinski definition) is 2. The highest BCUT2D eigenvalue weighted by atomic mass is 35.5. The van der Waals surface area contributed by atoms with Gasteiger partial charge in [-0.2, -0.15) is 0 Å². The Morgan fingerprint density at radius 1 is 1.43 bits per heavy atom. The van der Waals surface area contributed by atoms with Crippen LogP contribution >= 0.6 is 11.6 Å². The summed E-state index contributed by atoms with van der Waals surface area (Å²) in [6.45, 7) is 0. The number of nitrogens with zero attached hydrogens (tertiary/aromatic N) is 1. The molecule has 0 atom stereocenters. The molecule has 0 heterocycles. The van der Waals surface area contributed by atoms with Gasteiger partial charge in [0.2, 0.25) is 10.0 Å². The van der Waals surface area contributed by atoms with E-state index >= 15 is 0 Å². The third-order valence-electron chi connectivity index (χ3n) is 3.23. The molecule has 0 spiro atoms. The zero-order valence-corrected chi connectivity index (χ0v) is 12.3. The average Bonchev–Trinajstić information content (AvgIpc) is 2.32. The lowest BCUT2D eigenvalue weighted by Gasteiger charge is -2.26. The van der Waals surface area contributed by atoms with Crippen molar-refractivity contribution >= 4 is 33.2 Å². The number of carbonyl (C=O) groups excluding carboxylic acids is 1. The number of non-ortho nitro benzene ring substituents is 1. The lowest BCUT2D eigenvalue weighted by Crippen LogP contribution is -2.39. The number of hydrogen-bond acceptors (Lipinski definition) is 5. The average molecular weight is 334 g/mol. The number of benzene rings is 1. The summed E-state index contributed by atoms with van der Waals surface area (Å²) in [6, 6.07) is 1.65. The maximum atomic E-state index is 12.1. The summed E-state index contributed by atoms with van der Waals surface area (Å²) < 4.78 is 22.9. The molecule has 1 amide bonds. The smallest absolute Gasteiger partial charge is 0.271 e. The second-order valence-electron chi connectivity index (χ2n) is 4.71. The minimum absolute atomic E-state index is 0.0224.